The van der Waals surface area contributed by atoms with Gasteiger partial charge < -0.3 is 25.6 Å². The maximum absolute atomic E-state index is 12.8. The fraction of sp³-hybridized carbons (Fsp3) is 0.348. The third kappa shape index (κ3) is 4.49. The molecule has 3 aromatic rings. The molecule has 1 atom stereocenters. The van der Waals surface area contributed by atoms with Crippen molar-refractivity contribution >= 4 is 23.4 Å². The molecular formula is C23H23F3N8O2. The number of carbonyl (C=O) groups excluding carboxylic acids is 1. The molecule has 1 unspecified atom stereocenters. The van der Waals surface area contributed by atoms with Crippen LogP contribution in [0.2, 0.25) is 0 Å². The van der Waals surface area contributed by atoms with Crippen LogP contribution >= 0.6 is 0 Å². The Bertz CT molecular complexity index is 1270. The molecule has 0 fully saturated rings. The summed E-state index contributed by atoms with van der Waals surface area (Å²) >= 11 is 0. The SMILES string of the molecule is CN1c2nc(NCc3ccc(Oc4ccc(C(F)(F)F)nc4)nc3)nc3c2N(CCC3)C(=O)C1CN. The normalized spacial score (nSPS) is 17.1. The van der Waals surface area contributed by atoms with E-state index in [9.17, 15) is 18.0 Å². The molecule has 3 aromatic heterocycles. The van der Waals surface area contributed by atoms with Gasteiger partial charge in [0.2, 0.25) is 11.8 Å². The number of pyridine rings is 2. The van der Waals surface area contributed by atoms with Crippen molar-refractivity contribution in [3.05, 3.63) is 53.6 Å². The molecule has 188 valence electrons. The highest BCUT2D eigenvalue weighted by atomic mass is 19.4. The molecule has 2 aliphatic heterocycles. The van der Waals surface area contributed by atoms with Crippen LogP contribution in [0.15, 0.2) is 36.7 Å². The fourth-order valence-corrected chi connectivity index (χ4v) is 4.24. The van der Waals surface area contributed by atoms with Crippen LogP contribution in [0.5, 0.6) is 11.6 Å². The Morgan fingerprint density at radius 3 is 2.67 bits per heavy atom. The van der Waals surface area contributed by atoms with Crippen LogP contribution in [0.3, 0.4) is 0 Å². The summed E-state index contributed by atoms with van der Waals surface area (Å²) in [5.74, 6) is 1.43. The third-order valence-electron chi connectivity index (χ3n) is 6.08. The quantitative estimate of drug-likeness (QED) is 0.526. The standard InChI is InChI=1S/C23H23F3N8O2/c1-33-16(9-27)21(35)34-8-2-3-15-19(34)20(33)32-22(31-15)30-11-13-4-7-18(29-10-13)36-14-5-6-17(28-12-14)23(24,25)26/h4-7,10,12,16H,2-3,8-9,11,27H2,1H3,(H,30,31,32). The number of alkyl halides is 3. The summed E-state index contributed by atoms with van der Waals surface area (Å²) in [5.41, 5.74) is 7.25. The van der Waals surface area contributed by atoms with E-state index in [0.29, 0.717) is 24.9 Å². The van der Waals surface area contributed by atoms with Crippen LogP contribution in [-0.4, -0.2) is 52.0 Å². The summed E-state index contributed by atoms with van der Waals surface area (Å²) in [4.78, 5) is 33.2. The number of halogens is 3. The zero-order valence-corrected chi connectivity index (χ0v) is 19.3. The van der Waals surface area contributed by atoms with Gasteiger partial charge in [-0.25, -0.2) is 15.0 Å². The average Bonchev–Trinajstić information content (AvgIpc) is 2.87. The van der Waals surface area contributed by atoms with E-state index >= 15 is 0 Å². The zero-order chi connectivity index (χ0) is 25.4. The lowest BCUT2D eigenvalue weighted by Gasteiger charge is -2.42. The van der Waals surface area contributed by atoms with E-state index in [1.165, 1.54) is 6.07 Å². The fourth-order valence-electron chi connectivity index (χ4n) is 4.24. The highest BCUT2D eigenvalue weighted by Crippen LogP contribution is 2.39. The molecule has 2 aliphatic rings. The topological polar surface area (TPSA) is 122 Å². The Morgan fingerprint density at radius 1 is 1.17 bits per heavy atom. The molecule has 0 bridgehead atoms. The molecule has 3 N–H and O–H groups in total. The Kier molecular flexibility index (Phi) is 6.08. The second-order valence-electron chi connectivity index (χ2n) is 8.46. The molecule has 5 heterocycles. The number of nitrogens with one attached hydrogen (secondary N) is 1. The van der Waals surface area contributed by atoms with E-state index in [2.05, 4.69) is 25.3 Å². The first-order valence-corrected chi connectivity index (χ1v) is 11.3. The van der Waals surface area contributed by atoms with Gasteiger partial charge in [-0.2, -0.15) is 18.2 Å². The van der Waals surface area contributed by atoms with Crippen molar-refractivity contribution in [2.75, 3.05) is 35.3 Å². The predicted octanol–water partition coefficient (Wildman–Crippen LogP) is 2.75. The molecule has 5 rings (SSSR count). The summed E-state index contributed by atoms with van der Waals surface area (Å²) in [6.07, 6.45) is -0.365. The smallest absolute Gasteiger partial charge is 0.433 e. The van der Waals surface area contributed by atoms with Crippen molar-refractivity contribution in [1.29, 1.82) is 0 Å². The molecule has 10 nitrogen and oxygen atoms in total. The summed E-state index contributed by atoms with van der Waals surface area (Å²) < 4.78 is 43.4. The van der Waals surface area contributed by atoms with Crippen LogP contribution in [0.4, 0.5) is 30.6 Å². The first-order valence-electron chi connectivity index (χ1n) is 11.3. The Labute approximate surface area is 204 Å². The maximum Gasteiger partial charge on any atom is 0.433 e. The number of nitrogens with two attached hydrogens (primary N) is 1. The second-order valence-corrected chi connectivity index (χ2v) is 8.46. The van der Waals surface area contributed by atoms with Crippen LogP contribution in [0.25, 0.3) is 0 Å². The summed E-state index contributed by atoms with van der Waals surface area (Å²) in [6, 6.07) is 4.94. The van der Waals surface area contributed by atoms with Gasteiger partial charge in [0, 0.05) is 38.9 Å². The molecule has 36 heavy (non-hydrogen) atoms. The van der Waals surface area contributed by atoms with Crippen molar-refractivity contribution in [3.8, 4) is 11.6 Å². The van der Waals surface area contributed by atoms with Crippen molar-refractivity contribution in [2.45, 2.75) is 31.6 Å². The predicted molar refractivity (Wildman–Crippen MR) is 125 cm³/mol. The minimum Gasteiger partial charge on any atom is -0.437 e. The second kappa shape index (κ2) is 9.22. The number of aromatic nitrogens is 4. The number of anilines is 3. The minimum absolute atomic E-state index is 0.0294. The van der Waals surface area contributed by atoms with Crippen molar-refractivity contribution in [3.63, 3.8) is 0 Å². The Balaban J connectivity index is 1.27. The first kappa shape index (κ1) is 23.7. The summed E-state index contributed by atoms with van der Waals surface area (Å²) in [6.45, 7) is 1.19. The number of hydrogen-bond acceptors (Lipinski definition) is 9. The van der Waals surface area contributed by atoms with Gasteiger partial charge in [-0.1, -0.05) is 6.07 Å². The Morgan fingerprint density at radius 2 is 2.00 bits per heavy atom. The van der Waals surface area contributed by atoms with Gasteiger partial charge in [-0.15, -0.1) is 0 Å². The maximum atomic E-state index is 12.8. The molecule has 1 amide bonds. The number of nitrogens with zero attached hydrogens (tertiary/aromatic N) is 6. The average molecular weight is 500 g/mol. The van der Waals surface area contributed by atoms with Crippen molar-refractivity contribution in [2.24, 2.45) is 5.73 Å². The van der Waals surface area contributed by atoms with Gasteiger partial charge in [0.15, 0.2) is 5.82 Å². The lowest BCUT2D eigenvalue weighted by atomic mass is 10.0. The van der Waals surface area contributed by atoms with Gasteiger partial charge in [0.25, 0.3) is 5.91 Å². The first-order chi connectivity index (χ1) is 17.2. The van der Waals surface area contributed by atoms with Gasteiger partial charge in [-0.3, -0.25) is 4.79 Å². The van der Waals surface area contributed by atoms with E-state index < -0.39 is 17.9 Å². The van der Waals surface area contributed by atoms with E-state index in [-0.39, 0.29) is 24.1 Å². The number of likely N-dealkylation sites (N-methyl/N-ethyl adjacent to an activating group) is 1. The van der Waals surface area contributed by atoms with Gasteiger partial charge in [0.05, 0.1) is 11.9 Å². The number of carbonyl (C=O) groups is 1. The third-order valence-corrected chi connectivity index (χ3v) is 6.08. The monoisotopic (exact) mass is 500 g/mol. The molecule has 0 saturated carbocycles. The highest BCUT2D eigenvalue weighted by Gasteiger charge is 2.40. The van der Waals surface area contributed by atoms with Gasteiger partial charge >= 0.3 is 6.18 Å². The van der Waals surface area contributed by atoms with Crippen LogP contribution < -0.4 is 25.6 Å². The zero-order valence-electron chi connectivity index (χ0n) is 19.3. The number of aryl methyl sites for hydroxylation is 1. The molecule has 13 heteroatoms. The van der Waals surface area contributed by atoms with E-state index in [1.54, 1.807) is 28.1 Å². The molecule has 0 spiro atoms. The summed E-state index contributed by atoms with van der Waals surface area (Å²) in [5, 5.41) is 3.20. The number of hydrogen-bond donors (Lipinski definition) is 2. The summed E-state index contributed by atoms with van der Waals surface area (Å²) in [7, 11) is 1.81. The number of ether oxygens (including phenoxy) is 1. The number of rotatable bonds is 6. The minimum atomic E-state index is -4.51. The molecule has 0 aliphatic carbocycles. The van der Waals surface area contributed by atoms with Crippen molar-refractivity contribution < 1.29 is 22.7 Å². The molecule has 0 aromatic carbocycles. The molecule has 0 saturated heterocycles. The van der Waals surface area contributed by atoms with E-state index in [4.69, 9.17) is 10.5 Å². The lowest BCUT2D eigenvalue weighted by molar-refractivity contribution is -0.141. The Hall–Kier alpha value is -4.00. The van der Waals surface area contributed by atoms with Crippen LogP contribution in [-0.2, 0) is 23.9 Å². The van der Waals surface area contributed by atoms with Crippen LogP contribution in [0, 0.1) is 0 Å². The highest BCUT2D eigenvalue weighted by molar-refractivity contribution is 6.05. The van der Waals surface area contributed by atoms with Gasteiger partial charge in [0.1, 0.15) is 23.2 Å². The van der Waals surface area contributed by atoms with Gasteiger partial charge in [-0.05, 0) is 30.5 Å². The van der Waals surface area contributed by atoms with Crippen molar-refractivity contribution in [1.82, 2.24) is 19.9 Å². The molecule has 0 radical (unpaired) electrons. The molecular weight excluding hydrogens is 477 g/mol. The number of amides is 1. The lowest BCUT2D eigenvalue weighted by Crippen LogP contribution is -2.57. The van der Waals surface area contributed by atoms with E-state index in [1.807, 2.05) is 7.05 Å². The largest absolute Gasteiger partial charge is 0.437 e. The van der Waals surface area contributed by atoms with Crippen LogP contribution in [0.1, 0.15) is 23.4 Å². The van der Waals surface area contributed by atoms with E-state index in [0.717, 1.165) is 42.0 Å².